The number of benzene rings is 1. The number of nitrogens with two attached hydrogens (primary N) is 1. The first kappa shape index (κ1) is 19.6. The number of carbonyl (C=O) groups excluding carboxylic acids is 1. The molecule has 1 aliphatic carbocycles. The third kappa shape index (κ3) is 3.30. The van der Waals surface area contributed by atoms with Crippen molar-refractivity contribution in [2.75, 3.05) is 13.1 Å². The highest BCUT2D eigenvalue weighted by atomic mass is 16.2. The van der Waals surface area contributed by atoms with Crippen LogP contribution in [0.5, 0.6) is 0 Å². The largest absolute Gasteiger partial charge is 0.339 e. The number of amides is 1. The number of hydrogen-bond donors (Lipinski definition) is 1. The lowest BCUT2D eigenvalue weighted by Crippen LogP contribution is -2.45. The Labute approximate surface area is 187 Å². The summed E-state index contributed by atoms with van der Waals surface area (Å²) >= 11 is 0. The maximum absolute atomic E-state index is 13.1. The topological polar surface area (TPSA) is 68.6 Å². The van der Waals surface area contributed by atoms with E-state index < -0.39 is 0 Å². The van der Waals surface area contributed by atoms with E-state index in [1.54, 1.807) is 0 Å². The SMILES string of the molecule is Cc1c(-c2cc3ccccc3n2CC2CC2)nc2cc(C(=O)N3CCC[C@@H](N)C3)ccn12. The summed E-state index contributed by atoms with van der Waals surface area (Å²) in [6.45, 7) is 4.55. The standard InChI is InChI=1S/C26H29N5O/c1-17-25(23-13-19-5-2-3-7-22(19)31(23)15-18-8-9-18)28-24-14-20(10-12-30(17)24)26(32)29-11-4-6-21(27)16-29/h2-3,5,7,10,12-14,18,21H,4,6,8-9,11,15-16,27H2,1H3/t21-/m1/s1. The van der Waals surface area contributed by atoms with E-state index >= 15 is 0 Å². The molecule has 1 atom stereocenters. The van der Waals surface area contributed by atoms with E-state index in [-0.39, 0.29) is 11.9 Å². The van der Waals surface area contributed by atoms with Gasteiger partial charge >= 0.3 is 0 Å². The predicted molar refractivity (Wildman–Crippen MR) is 127 cm³/mol. The van der Waals surface area contributed by atoms with Gasteiger partial charge in [-0.25, -0.2) is 4.98 Å². The summed E-state index contributed by atoms with van der Waals surface area (Å²) in [5, 5.41) is 1.25. The third-order valence-electron chi connectivity index (χ3n) is 7.05. The summed E-state index contributed by atoms with van der Waals surface area (Å²) < 4.78 is 4.52. The van der Waals surface area contributed by atoms with E-state index in [1.807, 2.05) is 23.2 Å². The molecule has 1 aliphatic heterocycles. The van der Waals surface area contributed by atoms with Crippen molar-refractivity contribution >= 4 is 22.5 Å². The number of hydrogen-bond acceptors (Lipinski definition) is 3. The zero-order valence-electron chi connectivity index (χ0n) is 18.5. The van der Waals surface area contributed by atoms with Crippen molar-refractivity contribution in [2.45, 2.75) is 45.2 Å². The van der Waals surface area contributed by atoms with Crippen LogP contribution in [-0.2, 0) is 6.54 Å². The molecule has 0 bridgehead atoms. The quantitative estimate of drug-likeness (QED) is 0.530. The number of para-hydroxylation sites is 1. The summed E-state index contributed by atoms with van der Waals surface area (Å²) in [4.78, 5) is 20.0. The molecule has 4 aromatic rings. The maximum Gasteiger partial charge on any atom is 0.254 e. The minimum atomic E-state index is 0.0488. The molecular weight excluding hydrogens is 398 g/mol. The van der Waals surface area contributed by atoms with Gasteiger partial charge in [-0.15, -0.1) is 0 Å². The maximum atomic E-state index is 13.1. The zero-order valence-corrected chi connectivity index (χ0v) is 18.5. The van der Waals surface area contributed by atoms with Gasteiger partial charge in [0, 0.05) is 54.0 Å². The van der Waals surface area contributed by atoms with Crippen LogP contribution in [0.4, 0.5) is 0 Å². The fraction of sp³-hybridized carbons (Fsp3) is 0.385. The van der Waals surface area contributed by atoms with Gasteiger partial charge in [0.15, 0.2) is 0 Å². The Morgan fingerprint density at radius 3 is 2.81 bits per heavy atom. The number of piperidine rings is 1. The molecule has 0 radical (unpaired) electrons. The molecular formula is C26H29N5O. The summed E-state index contributed by atoms with van der Waals surface area (Å²) in [5.74, 6) is 0.815. The molecule has 1 saturated carbocycles. The summed E-state index contributed by atoms with van der Waals surface area (Å²) in [6, 6.07) is 14.7. The first-order chi connectivity index (χ1) is 15.6. The van der Waals surface area contributed by atoms with Gasteiger partial charge in [0.05, 0.1) is 5.69 Å². The lowest BCUT2D eigenvalue weighted by Gasteiger charge is -2.30. The van der Waals surface area contributed by atoms with Crippen molar-refractivity contribution in [3.63, 3.8) is 0 Å². The number of aromatic nitrogens is 3. The van der Waals surface area contributed by atoms with Crippen LogP contribution in [0.3, 0.4) is 0 Å². The van der Waals surface area contributed by atoms with E-state index in [0.717, 1.165) is 54.6 Å². The van der Waals surface area contributed by atoms with Gasteiger partial charge in [-0.3, -0.25) is 4.79 Å². The highest BCUT2D eigenvalue weighted by Crippen LogP contribution is 2.36. The van der Waals surface area contributed by atoms with Crippen molar-refractivity contribution in [3.05, 3.63) is 59.9 Å². The Bertz CT molecular complexity index is 1330. The number of fused-ring (bicyclic) bond motifs is 2. The first-order valence-electron chi connectivity index (χ1n) is 11.7. The lowest BCUT2D eigenvalue weighted by atomic mass is 10.1. The van der Waals surface area contributed by atoms with Gasteiger partial charge in [0.2, 0.25) is 0 Å². The van der Waals surface area contributed by atoms with Crippen LogP contribution in [0.1, 0.15) is 41.7 Å². The molecule has 2 N–H and O–H groups in total. The van der Waals surface area contributed by atoms with Gasteiger partial charge in [0.25, 0.3) is 5.91 Å². The van der Waals surface area contributed by atoms with Gasteiger partial charge in [-0.05, 0) is 62.8 Å². The first-order valence-corrected chi connectivity index (χ1v) is 11.7. The average molecular weight is 428 g/mol. The van der Waals surface area contributed by atoms with Crippen molar-refractivity contribution in [1.29, 1.82) is 0 Å². The number of rotatable bonds is 4. The molecule has 1 amide bonds. The molecule has 2 aliphatic rings. The average Bonchev–Trinajstić information content (AvgIpc) is 3.48. The molecule has 164 valence electrons. The number of nitrogens with zero attached hydrogens (tertiary/aromatic N) is 4. The Hall–Kier alpha value is -3.12. The van der Waals surface area contributed by atoms with Gasteiger partial charge in [-0.1, -0.05) is 18.2 Å². The molecule has 0 spiro atoms. The fourth-order valence-corrected chi connectivity index (χ4v) is 5.08. The minimum Gasteiger partial charge on any atom is -0.339 e. The van der Waals surface area contributed by atoms with Gasteiger partial charge in [0.1, 0.15) is 11.3 Å². The van der Waals surface area contributed by atoms with Crippen molar-refractivity contribution in [2.24, 2.45) is 11.7 Å². The Balaban J connectivity index is 1.42. The second-order valence-corrected chi connectivity index (χ2v) is 9.49. The zero-order chi connectivity index (χ0) is 21.8. The van der Waals surface area contributed by atoms with Crippen LogP contribution >= 0.6 is 0 Å². The van der Waals surface area contributed by atoms with Crippen LogP contribution in [0.2, 0.25) is 0 Å². The highest BCUT2D eigenvalue weighted by Gasteiger charge is 2.26. The molecule has 4 heterocycles. The second-order valence-electron chi connectivity index (χ2n) is 9.49. The van der Waals surface area contributed by atoms with E-state index in [2.05, 4.69) is 46.2 Å². The van der Waals surface area contributed by atoms with Crippen LogP contribution < -0.4 is 5.73 Å². The number of likely N-dealkylation sites (tertiary alicyclic amines) is 1. The predicted octanol–water partition coefficient (Wildman–Crippen LogP) is 4.24. The molecule has 6 nitrogen and oxygen atoms in total. The molecule has 6 heteroatoms. The monoisotopic (exact) mass is 427 g/mol. The Morgan fingerprint density at radius 2 is 2.00 bits per heavy atom. The molecule has 3 aromatic heterocycles. The molecule has 1 aromatic carbocycles. The van der Waals surface area contributed by atoms with Crippen molar-refractivity contribution in [1.82, 2.24) is 18.9 Å². The summed E-state index contributed by atoms with van der Waals surface area (Å²) in [5.41, 5.74) is 12.1. The molecule has 2 fully saturated rings. The number of pyridine rings is 1. The van der Waals surface area contributed by atoms with E-state index in [1.165, 1.54) is 23.7 Å². The normalized spacial score (nSPS) is 19.2. The van der Waals surface area contributed by atoms with Crippen LogP contribution in [0.15, 0.2) is 48.7 Å². The highest BCUT2D eigenvalue weighted by molar-refractivity contribution is 5.95. The summed E-state index contributed by atoms with van der Waals surface area (Å²) in [7, 11) is 0. The molecule has 6 rings (SSSR count). The molecule has 1 saturated heterocycles. The van der Waals surface area contributed by atoms with Crippen molar-refractivity contribution in [3.8, 4) is 11.4 Å². The van der Waals surface area contributed by atoms with Crippen LogP contribution in [-0.4, -0.2) is 43.9 Å². The van der Waals surface area contributed by atoms with Crippen LogP contribution in [0, 0.1) is 12.8 Å². The molecule has 0 unspecified atom stereocenters. The number of carbonyl (C=O) groups is 1. The van der Waals surface area contributed by atoms with E-state index in [0.29, 0.717) is 12.1 Å². The van der Waals surface area contributed by atoms with Crippen LogP contribution in [0.25, 0.3) is 27.9 Å². The summed E-state index contributed by atoms with van der Waals surface area (Å²) in [6.07, 6.45) is 6.55. The smallest absolute Gasteiger partial charge is 0.254 e. The van der Waals surface area contributed by atoms with E-state index in [9.17, 15) is 4.79 Å². The molecule has 32 heavy (non-hydrogen) atoms. The van der Waals surface area contributed by atoms with Gasteiger partial charge < -0.3 is 19.6 Å². The second kappa shape index (κ2) is 7.48. The third-order valence-corrected chi connectivity index (χ3v) is 7.05. The van der Waals surface area contributed by atoms with Gasteiger partial charge in [-0.2, -0.15) is 0 Å². The lowest BCUT2D eigenvalue weighted by molar-refractivity contribution is 0.0709. The van der Waals surface area contributed by atoms with E-state index in [4.69, 9.17) is 10.7 Å². The minimum absolute atomic E-state index is 0.0488. The number of imidazole rings is 1. The number of aryl methyl sites for hydroxylation is 1. The fourth-order valence-electron chi connectivity index (χ4n) is 5.08. The Kier molecular flexibility index (Phi) is 4.57. The van der Waals surface area contributed by atoms with Crippen molar-refractivity contribution < 1.29 is 4.79 Å². The Morgan fingerprint density at radius 1 is 1.16 bits per heavy atom.